The normalized spacial score (nSPS) is 17.7. The Hall–Kier alpha value is -2.04. The van der Waals surface area contributed by atoms with E-state index < -0.39 is 0 Å². The number of nitrogens with zero attached hydrogens (tertiary/aromatic N) is 2. The van der Waals surface area contributed by atoms with Crippen molar-refractivity contribution < 1.29 is 9.53 Å². The average Bonchev–Trinajstić information content (AvgIpc) is 2.63. The molecule has 0 bridgehead atoms. The van der Waals surface area contributed by atoms with Crippen LogP contribution in [0.25, 0.3) is 6.08 Å². The summed E-state index contributed by atoms with van der Waals surface area (Å²) in [6.07, 6.45) is 8.19. The van der Waals surface area contributed by atoms with Crippen LogP contribution in [0.1, 0.15) is 18.4 Å². The molecule has 25 heavy (non-hydrogen) atoms. The third-order valence-electron chi connectivity index (χ3n) is 4.03. The minimum Gasteiger partial charge on any atom is -0.487 e. The number of pyridine rings is 1. The number of piperidine rings is 1. The van der Waals surface area contributed by atoms with Crippen molar-refractivity contribution in [3.63, 3.8) is 0 Å². The second-order valence-electron chi connectivity index (χ2n) is 5.83. The molecule has 0 spiro atoms. The molecule has 130 valence electrons. The molecule has 1 atom stereocenters. The van der Waals surface area contributed by atoms with E-state index in [4.69, 9.17) is 27.9 Å². The lowest BCUT2D eigenvalue weighted by atomic mass is 10.1. The topological polar surface area (TPSA) is 42.4 Å². The van der Waals surface area contributed by atoms with Crippen LogP contribution >= 0.6 is 23.2 Å². The summed E-state index contributed by atoms with van der Waals surface area (Å²) in [5.74, 6) is 0.552. The molecule has 0 aliphatic carbocycles. The van der Waals surface area contributed by atoms with Gasteiger partial charge in [-0.1, -0.05) is 41.4 Å². The van der Waals surface area contributed by atoms with Crippen molar-refractivity contribution in [1.29, 1.82) is 0 Å². The molecule has 6 heteroatoms. The van der Waals surface area contributed by atoms with Crippen molar-refractivity contribution >= 4 is 35.2 Å². The molecule has 1 aliphatic rings. The van der Waals surface area contributed by atoms with E-state index in [0.29, 0.717) is 22.3 Å². The molecule has 3 rings (SSSR count). The summed E-state index contributed by atoms with van der Waals surface area (Å²) < 4.78 is 5.94. The van der Waals surface area contributed by atoms with E-state index in [1.54, 1.807) is 41.6 Å². The van der Waals surface area contributed by atoms with Gasteiger partial charge in [-0.2, -0.15) is 0 Å². The highest BCUT2D eigenvalue weighted by Gasteiger charge is 2.24. The second-order valence-corrected chi connectivity index (χ2v) is 6.64. The van der Waals surface area contributed by atoms with Crippen LogP contribution in [0, 0.1) is 0 Å². The van der Waals surface area contributed by atoms with Crippen molar-refractivity contribution in [1.82, 2.24) is 9.88 Å². The van der Waals surface area contributed by atoms with Gasteiger partial charge in [-0.25, -0.2) is 0 Å². The number of amides is 1. The SMILES string of the molecule is O=C(/C=C/c1ccccc1Cl)N1CCCC(Oc2ccncc2Cl)C1. The molecule has 1 aliphatic heterocycles. The number of hydrogen-bond donors (Lipinski definition) is 0. The van der Waals surface area contributed by atoms with Crippen LogP contribution in [0.15, 0.2) is 48.8 Å². The van der Waals surface area contributed by atoms with Gasteiger partial charge in [0.05, 0.1) is 6.54 Å². The van der Waals surface area contributed by atoms with E-state index in [9.17, 15) is 4.79 Å². The predicted octanol–water partition coefficient (Wildman–Crippen LogP) is 4.47. The van der Waals surface area contributed by atoms with Crippen molar-refractivity contribution in [3.05, 3.63) is 64.4 Å². The number of hydrogen-bond acceptors (Lipinski definition) is 3. The number of halogens is 2. The highest BCUT2D eigenvalue weighted by atomic mass is 35.5. The van der Waals surface area contributed by atoms with Gasteiger partial charge in [0.25, 0.3) is 0 Å². The Balaban J connectivity index is 1.62. The van der Waals surface area contributed by atoms with Crippen molar-refractivity contribution in [3.8, 4) is 5.75 Å². The summed E-state index contributed by atoms with van der Waals surface area (Å²) in [6.45, 7) is 1.25. The van der Waals surface area contributed by atoms with Crippen LogP contribution in [-0.2, 0) is 4.79 Å². The Morgan fingerprint density at radius 3 is 2.88 bits per heavy atom. The zero-order valence-electron chi connectivity index (χ0n) is 13.6. The maximum Gasteiger partial charge on any atom is 0.246 e. The smallest absolute Gasteiger partial charge is 0.246 e. The first-order valence-electron chi connectivity index (χ1n) is 8.11. The number of likely N-dealkylation sites (tertiary alicyclic amines) is 1. The van der Waals surface area contributed by atoms with Gasteiger partial charge in [0.15, 0.2) is 0 Å². The van der Waals surface area contributed by atoms with Crippen LogP contribution in [-0.4, -0.2) is 35.0 Å². The van der Waals surface area contributed by atoms with Gasteiger partial charge < -0.3 is 9.64 Å². The van der Waals surface area contributed by atoms with Gasteiger partial charge >= 0.3 is 0 Å². The van der Waals surface area contributed by atoms with E-state index in [1.165, 1.54) is 0 Å². The number of aromatic nitrogens is 1. The van der Waals surface area contributed by atoms with E-state index >= 15 is 0 Å². The summed E-state index contributed by atoms with van der Waals surface area (Å²) in [5.41, 5.74) is 0.825. The van der Waals surface area contributed by atoms with Crippen molar-refractivity contribution in [2.75, 3.05) is 13.1 Å². The summed E-state index contributed by atoms with van der Waals surface area (Å²) in [7, 11) is 0. The third kappa shape index (κ3) is 4.74. The molecular weight excluding hydrogens is 359 g/mol. The lowest BCUT2D eigenvalue weighted by Crippen LogP contribution is -2.43. The Kier molecular flexibility index (Phi) is 5.95. The molecule has 1 aromatic carbocycles. The summed E-state index contributed by atoms with van der Waals surface area (Å²) in [5, 5.41) is 1.10. The van der Waals surface area contributed by atoms with Crippen molar-refractivity contribution in [2.24, 2.45) is 0 Å². The highest BCUT2D eigenvalue weighted by Crippen LogP contribution is 2.25. The quantitative estimate of drug-likeness (QED) is 0.739. The average molecular weight is 377 g/mol. The summed E-state index contributed by atoms with van der Waals surface area (Å²) in [6, 6.07) is 9.16. The fraction of sp³-hybridized carbons (Fsp3) is 0.263. The monoisotopic (exact) mass is 376 g/mol. The number of carbonyl (C=O) groups is 1. The minimum atomic E-state index is -0.0775. The molecular formula is C19H18Cl2N2O2. The molecule has 1 fully saturated rings. The molecule has 1 aromatic heterocycles. The van der Waals surface area contributed by atoms with Crippen molar-refractivity contribution in [2.45, 2.75) is 18.9 Å². The fourth-order valence-electron chi connectivity index (χ4n) is 2.75. The summed E-state index contributed by atoms with van der Waals surface area (Å²) in [4.78, 5) is 18.2. The van der Waals surface area contributed by atoms with Gasteiger partial charge in [0, 0.05) is 36.1 Å². The first kappa shape index (κ1) is 17.8. The van der Waals surface area contributed by atoms with E-state index in [-0.39, 0.29) is 12.0 Å². The highest BCUT2D eigenvalue weighted by molar-refractivity contribution is 6.32. The van der Waals surface area contributed by atoms with Gasteiger partial charge in [-0.15, -0.1) is 0 Å². The zero-order chi connectivity index (χ0) is 17.6. The van der Waals surface area contributed by atoms with Gasteiger partial charge in [0.2, 0.25) is 5.91 Å². The van der Waals surface area contributed by atoms with Crippen LogP contribution in [0.4, 0.5) is 0 Å². The Morgan fingerprint density at radius 1 is 1.24 bits per heavy atom. The first-order chi connectivity index (χ1) is 12.1. The fourth-order valence-corrected chi connectivity index (χ4v) is 3.11. The summed E-state index contributed by atoms with van der Waals surface area (Å²) >= 11 is 12.2. The number of carbonyl (C=O) groups excluding carboxylic acids is 1. The van der Waals surface area contributed by atoms with E-state index in [0.717, 1.165) is 24.9 Å². The van der Waals surface area contributed by atoms with Crippen LogP contribution < -0.4 is 4.74 Å². The molecule has 0 radical (unpaired) electrons. The van der Waals surface area contributed by atoms with Gasteiger partial charge in [-0.3, -0.25) is 9.78 Å². The number of benzene rings is 1. The maximum atomic E-state index is 12.5. The minimum absolute atomic E-state index is 0.0472. The lowest BCUT2D eigenvalue weighted by molar-refractivity contribution is -0.128. The standard InChI is InChI=1S/C19H18Cl2N2O2/c20-16-6-2-1-4-14(16)7-8-19(24)23-11-3-5-15(13-23)25-18-9-10-22-12-17(18)21/h1-2,4,6-10,12,15H,3,5,11,13H2/b8-7+. The molecule has 1 unspecified atom stereocenters. The van der Waals surface area contributed by atoms with Crippen LogP contribution in [0.3, 0.4) is 0 Å². The molecule has 0 N–H and O–H groups in total. The molecule has 0 saturated carbocycles. The lowest BCUT2D eigenvalue weighted by Gasteiger charge is -2.32. The van der Waals surface area contributed by atoms with Gasteiger partial charge in [-0.05, 0) is 30.5 Å². The van der Waals surface area contributed by atoms with Crippen LogP contribution in [0.2, 0.25) is 10.0 Å². The Labute approximate surface area is 157 Å². The molecule has 1 saturated heterocycles. The third-order valence-corrected chi connectivity index (χ3v) is 4.66. The number of rotatable bonds is 4. The molecule has 2 aromatic rings. The Morgan fingerprint density at radius 2 is 2.08 bits per heavy atom. The predicted molar refractivity (Wildman–Crippen MR) is 100.0 cm³/mol. The zero-order valence-corrected chi connectivity index (χ0v) is 15.1. The number of ether oxygens (including phenoxy) is 1. The van der Waals surface area contributed by atoms with E-state index in [2.05, 4.69) is 4.98 Å². The van der Waals surface area contributed by atoms with Gasteiger partial charge in [0.1, 0.15) is 16.9 Å². The largest absolute Gasteiger partial charge is 0.487 e. The maximum absolute atomic E-state index is 12.5. The van der Waals surface area contributed by atoms with E-state index in [1.807, 2.05) is 18.2 Å². The first-order valence-corrected chi connectivity index (χ1v) is 8.87. The second kappa shape index (κ2) is 8.37. The molecule has 1 amide bonds. The Bertz CT molecular complexity index is 780. The molecule has 2 heterocycles. The molecule has 4 nitrogen and oxygen atoms in total. The van der Waals surface area contributed by atoms with Crippen LogP contribution in [0.5, 0.6) is 5.75 Å².